The summed E-state index contributed by atoms with van der Waals surface area (Å²) in [4.78, 5) is 6.12. The van der Waals surface area contributed by atoms with Crippen LogP contribution in [0.15, 0.2) is 29.3 Å². The van der Waals surface area contributed by atoms with E-state index in [2.05, 4.69) is 4.99 Å². The lowest BCUT2D eigenvalue weighted by atomic mass is 10.3. The lowest BCUT2D eigenvalue weighted by molar-refractivity contribution is 0.415. The highest BCUT2D eigenvalue weighted by Gasteiger charge is 2.06. The molecule has 0 saturated carbocycles. The Morgan fingerprint density at radius 2 is 2.12 bits per heavy atom. The zero-order chi connectivity index (χ0) is 12.1. The number of anilines is 1. The lowest BCUT2D eigenvalue weighted by Gasteiger charge is -2.19. The van der Waals surface area contributed by atoms with Crippen molar-refractivity contribution in [3.63, 3.8) is 0 Å². The number of hydrogen-bond donors (Lipinski definition) is 1. The Morgan fingerprint density at radius 3 is 2.69 bits per heavy atom. The van der Waals surface area contributed by atoms with Gasteiger partial charge in [-0.1, -0.05) is 6.07 Å². The maximum absolute atomic E-state index is 5.88. The van der Waals surface area contributed by atoms with Crippen molar-refractivity contribution >= 4 is 11.6 Å². The van der Waals surface area contributed by atoms with Crippen LogP contribution in [0.4, 0.5) is 5.69 Å². The van der Waals surface area contributed by atoms with Crippen LogP contribution in [-0.4, -0.2) is 26.2 Å². The molecule has 88 valence electrons. The van der Waals surface area contributed by atoms with Gasteiger partial charge in [-0.15, -0.1) is 0 Å². The Labute approximate surface area is 96.7 Å². The number of methoxy groups -OCH3 is 1. The molecule has 1 aromatic rings. The predicted molar refractivity (Wildman–Crippen MR) is 68.2 cm³/mol. The number of aliphatic imine (C=N–C) groups is 1. The molecule has 0 atom stereocenters. The fraction of sp³-hybridized carbons (Fsp3) is 0.417. The number of ether oxygens (including phenoxy) is 1. The predicted octanol–water partition coefficient (Wildman–Crippen LogP) is 1.85. The molecule has 0 heterocycles. The van der Waals surface area contributed by atoms with Gasteiger partial charge in [-0.3, -0.25) is 4.99 Å². The molecular formula is C12H19N3O. The maximum Gasteiger partial charge on any atom is 0.195 e. The Kier molecular flexibility index (Phi) is 4.17. The van der Waals surface area contributed by atoms with Crippen molar-refractivity contribution in [3.8, 4) is 5.75 Å². The van der Waals surface area contributed by atoms with Crippen LogP contribution >= 0.6 is 0 Å². The van der Waals surface area contributed by atoms with E-state index in [4.69, 9.17) is 10.5 Å². The minimum absolute atomic E-state index is 0.188. The Bertz CT molecular complexity index is 374. The average Bonchev–Trinajstić information content (AvgIpc) is 2.27. The Morgan fingerprint density at radius 1 is 1.44 bits per heavy atom. The van der Waals surface area contributed by atoms with Gasteiger partial charge in [0, 0.05) is 24.8 Å². The van der Waals surface area contributed by atoms with E-state index in [1.165, 1.54) is 0 Å². The van der Waals surface area contributed by atoms with E-state index in [0.29, 0.717) is 5.96 Å². The molecule has 0 unspecified atom stereocenters. The van der Waals surface area contributed by atoms with Crippen molar-refractivity contribution in [2.75, 3.05) is 19.1 Å². The molecular weight excluding hydrogens is 202 g/mol. The van der Waals surface area contributed by atoms with Gasteiger partial charge >= 0.3 is 0 Å². The van der Waals surface area contributed by atoms with Gasteiger partial charge < -0.3 is 15.4 Å². The molecule has 0 aliphatic rings. The standard InChI is InChI=1S/C12H19N3O/c1-9(2)14-12(13)15(3)10-6-5-7-11(8-10)16-4/h5-9H,1-4H3,(H2,13,14). The molecule has 1 rings (SSSR count). The first-order valence-corrected chi connectivity index (χ1v) is 5.25. The van der Waals surface area contributed by atoms with E-state index in [-0.39, 0.29) is 6.04 Å². The Hall–Kier alpha value is -1.71. The fourth-order valence-corrected chi connectivity index (χ4v) is 1.30. The number of nitrogens with zero attached hydrogens (tertiary/aromatic N) is 2. The van der Waals surface area contributed by atoms with Crippen molar-refractivity contribution in [2.45, 2.75) is 19.9 Å². The van der Waals surface area contributed by atoms with Crippen molar-refractivity contribution < 1.29 is 4.74 Å². The summed E-state index contributed by atoms with van der Waals surface area (Å²) in [5, 5.41) is 0. The van der Waals surface area contributed by atoms with Gasteiger partial charge in [0.15, 0.2) is 5.96 Å². The summed E-state index contributed by atoms with van der Waals surface area (Å²) < 4.78 is 5.16. The average molecular weight is 221 g/mol. The van der Waals surface area contributed by atoms with Gasteiger partial charge in [0.25, 0.3) is 0 Å². The third-order valence-corrected chi connectivity index (χ3v) is 2.17. The highest BCUT2D eigenvalue weighted by Crippen LogP contribution is 2.19. The summed E-state index contributed by atoms with van der Waals surface area (Å²) in [5.41, 5.74) is 6.84. The van der Waals surface area contributed by atoms with E-state index in [1.54, 1.807) is 7.11 Å². The highest BCUT2D eigenvalue weighted by atomic mass is 16.5. The normalized spacial score (nSPS) is 11.7. The molecule has 0 aliphatic carbocycles. The number of benzene rings is 1. The van der Waals surface area contributed by atoms with Crippen LogP contribution in [-0.2, 0) is 0 Å². The van der Waals surface area contributed by atoms with Crippen LogP contribution < -0.4 is 15.4 Å². The minimum Gasteiger partial charge on any atom is -0.497 e. The molecule has 0 saturated heterocycles. The summed E-state index contributed by atoms with van der Waals surface area (Å²) in [6.07, 6.45) is 0. The van der Waals surface area contributed by atoms with Crippen molar-refractivity contribution in [3.05, 3.63) is 24.3 Å². The van der Waals surface area contributed by atoms with E-state index >= 15 is 0 Å². The topological polar surface area (TPSA) is 50.9 Å². The second-order valence-corrected chi connectivity index (χ2v) is 3.84. The first-order chi connectivity index (χ1) is 7.54. The van der Waals surface area contributed by atoms with Gasteiger partial charge in [-0.25, -0.2) is 0 Å². The molecule has 0 spiro atoms. The zero-order valence-electron chi connectivity index (χ0n) is 10.3. The van der Waals surface area contributed by atoms with E-state index in [0.717, 1.165) is 11.4 Å². The van der Waals surface area contributed by atoms with Crippen LogP contribution in [0.25, 0.3) is 0 Å². The minimum atomic E-state index is 0.188. The summed E-state index contributed by atoms with van der Waals surface area (Å²) in [5.74, 6) is 1.31. The SMILES string of the molecule is COc1cccc(N(C)C(N)=NC(C)C)c1. The second kappa shape index (κ2) is 5.39. The first-order valence-electron chi connectivity index (χ1n) is 5.25. The quantitative estimate of drug-likeness (QED) is 0.626. The van der Waals surface area contributed by atoms with Crippen molar-refractivity contribution in [1.29, 1.82) is 0 Å². The van der Waals surface area contributed by atoms with Gasteiger partial charge in [0.05, 0.1) is 7.11 Å². The van der Waals surface area contributed by atoms with Crippen molar-refractivity contribution in [1.82, 2.24) is 0 Å². The summed E-state index contributed by atoms with van der Waals surface area (Å²) >= 11 is 0. The number of hydrogen-bond acceptors (Lipinski definition) is 2. The molecule has 1 aromatic carbocycles. The summed E-state index contributed by atoms with van der Waals surface area (Å²) in [6, 6.07) is 7.89. The molecule has 0 fully saturated rings. The highest BCUT2D eigenvalue weighted by molar-refractivity contribution is 5.94. The zero-order valence-corrected chi connectivity index (χ0v) is 10.3. The van der Waals surface area contributed by atoms with E-state index in [9.17, 15) is 0 Å². The maximum atomic E-state index is 5.88. The van der Waals surface area contributed by atoms with Crippen LogP contribution in [0.5, 0.6) is 5.75 Å². The summed E-state index contributed by atoms with van der Waals surface area (Å²) in [7, 11) is 3.53. The molecule has 0 radical (unpaired) electrons. The Balaban J connectivity index is 2.91. The third-order valence-electron chi connectivity index (χ3n) is 2.17. The van der Waals surface area contributed by atoms with Gasteiger partial charge in [0.2, 0.25) is 0 Å². The van der Waals surface area contributed by atoms with Gasteiger partial charge in [-0.2, -0.15) is 0 Å². The molecule has 0 amide bonds. The smallest absolute Gasteiger partial charge is 0.195 e. The third kappa shape index (κ3) is 3.15. The summed E-state index contributed by atoms with van der Waals surface area (Å²) in [6.45, 7) is 3.98. The van der Waals surface area contributed by atoms with Crippen molar-refractivity contribution in [2.24, 2.45) is 10.7 Å². The van der Waals surface area contributed by atoms with Gasteiger partial charge in [-0.05, 0) is 26.0 Å². The molecule has 0 bridgehead atoms. The molecule has 4 heteroatoms. The second-order valence-electron chi connectivity index (χ2n) is 3.84. The number of guanidine groups is 1. The molecule has 16 heavy (non-hydrogen) atoms. The lowest BCUT2D eigenvalue weighted by Crippen LogP contribution is -2.34. The monoisotopic (exact) mass is 221 g/mol. The molecule has 0 aliphatic heterocycles. The molecule has 4 nitrogen and oxygen atoms in total. The van der Waals surface area contributed by atoms with E-state index in [1.807, 2.05) is 50.1 Å². The van der Waals surface area contributed by atoms with Crippen LogP contribution in [0.1, 0.15) is 13.8 Å². The van der Waals surface area contributed by atoms with Crippen LogP contribution in [0.3, 0.4) is 0 Å². The number of rotatable bonds is 3. The van der Waals surface area contributed by atoms with Crippen LogP contribution in [0, 0.1) is 0 Å². The van der Waals surface area contributed by atoms with Gasteiger partial charge in [0.1, 0.15) is 5.75 Å². The fourth-order valence-electron chi connectivity index (χ4n) is 1.30. The molecule has 2 N–H and O–H groups in total. The largest absolute Gasteiger partial charge is 0.497 e. The van der Waals surface area contributed by atoms with E-state index < -0.39 is 0 Å². The molecule has 0 aromatic heterocycles. The first kappa shape index (κ1) is 12.4. The number of nitrogens with two attached hydrogens (primary N) is 1. The van der Waals surface area contributed by atoms with Crippen LogP contribution in [0.2, 0.25) is 0 Å².